The fraction of sp³-hybridized carbons (Fsp3) is 0.300. The van der Waals surface area contributed by atoms with E-state index >= 15 is 0 Å². The Morgan fingerprint density at radius 1 is 1.33 bits per heavy atom. The highest BCUT2D eigenvalue weighted by Crippen LogP contribution is 2.10. The Labute approximate surface area is 105 Å². The Balaban J connectivity index is 2.65. The molecule has 0 saturated heterocycles. The van der Waals surface area contributed by atoms with Crippen LogP contribution in [-0.4, -0.2) is 32.7 Å². The lowest BCUT2D eigenvalue weighted by Crippen LogP contribution is -2.34. The third-order valence-electron chi connectivity index (χ3n) is 2.14. The zero-order chi connectivity index (χ0) is 13.6. The van der Waals surface area contributed by atoms with E-state index in [4.69, 9.17) is 10.8 Å². The molecule has 0 aliphatic rings. The molecule has 0 spiro atoms. The minimum absolute atomic E-state index is 0.00510. The fourth-order valence-electron chi connectivity index (χ4n) is 1.28. The Bertz CT molecular complexity index is 516. The average molecular weight is 273 g/mol. The molecule has 0 fully saturated rings. The molecule has 0 aliphatic carbocycles. The molecule has 0 aromatic heterocycles. The second-order valence-corrected chi connectivity index (χ2v) is 5.25. The Morgan fingerprint density at radius 2 is 2.06 bits per heavy atom. The number of hydrogen-bond donors (Lipinski definition) is 4. The number of nitrogens with two attached hydrogens (primary N) is 1. The average Bonchev–Trinajstić information content (AvgIpc) is 2.34. The van der Waals surface area contributed by atoms with Crippen molar-refractivity contribution in [1.82, 2.24) is 10.0 Å². The van der Waals surface area contributed by atoms with Crippen molar-refractivity contribution in [3.63, 3.8) is 0 Å². The van der Waals surface area contributed by atoms with Crippen molar-refractivity contribution in [2.45, 2.75) is 11.4 Å². The third-order valence-corrected chi connectivity index (χ3v) is 3.60. The van der Waals surface area contributed by atoms with E-state index in [1.807, 2.05) is 0 Å². The predicted molar refractivity (Wildman–Crippen MR) is 65.5 cm³/mol. The molecular weight excluding hydrogens is 258 g/mol. The minimum Gasteiger partial charge on any atom is -0.465 e. The largest absolute Gasteiger partial charge is 0.465 e. The van der Waals surface area contributed by atoms with Crippen LogP contribution in [0.2, 0.25) is 0 Å². The lowest BCUT2D eigenvalue weighted by molar-refractivity contribution is 0.194. The van der Waals surface area contributed by atoms with Crippen molar-refractivity contribution in [1.29, 1.82) is 0 Å². The molecule has 1 amide bonds. The summed E-state index contributed by atoms with van der Waals surface area (Å²) in [7, 11) is -3.63. The van der Waals surface area contributed by atoms with Crippen LogP contribution < -0.4 is 15.8 Å². The normalized spacial score (nSPS) is 11.2. The number of nitrogens with one attached hydrogen (secondary N) is 2. The maximum Gasteiger partial charge on any atom is 0.404 e. The molecule has 0 atom stereocenters. The molecule has 1 aromatic carbocycles. The summed E-state index contributed by atoms with van der Waals surface area (Å²) in [6.45, 7) is 0.247. The summed E-state index contributed by atoms with van der Waals surface area (Å²) >= 11 is 0. The number of carbonyl (C=O) groups is 1. The molecule has 0 unspecified atom stereocenters. The topological polar surface area (TPSA) is 122 Å². The first-order chi connectivity index (χ1) is 8.45. The van der Waals surface area contributed by atoms with Gasteiger partial charge in [-0.1, -0.05) is 12.1 Å². The van der Waals surface area contributed by atoms with Gasteiger partial charge in [0.25, 0.3) is 0 Å². The molecule has 1 rings (SSSR count). The van der Waals surface area contributed by atoms with E-state index in [0.717, 1.165) is 0 Å². The van der Waals surface area contributed by atoms with E-state index in [0.29, 0.717) is 5.56 Å². The maximum absolute atomic E-state index is 11.8. The van der Waals surface area contributed by atoms with Crippen LogP contribution in [-0.2, 0) is 16.6 Å². The highest BCUT2D eigenvalue weighted by atomic mass is 32.2. The van der Waals surface area contributed by atoms with Crippen molar-refractivity contribution < 1.29 is 18.3 Å². The van der Waals surface area contributed by atoms with Crippen LogP contribution in [0.15, 0.2) is 29.2 Å². The SMILES string of the molecule is NCc1cccc(S(=O)(=O)NCCNC(=O)O)c1. The first-order valence-electron chi connectivity index (χ1n) is 5.21. The summed E-state index contributed by atoms with van der Waals surface area (Å²) < 4.78 is 25.9. The zero-order valence-corrected chi connectivity index (χ0v) is 10.4. The molecular formula is C10H15N3O4S. The molecule has 5 N–H and O–H groups in total. The number of sulfonamides is 1. The summed E-state index contributed by atoms with van der Waals surface area (Å²) in [6, 6.07) is 6.26. The summed E-state index contributed by atoms with van der Waals surface area (Å²) in [5.41, 5.74) is 6.14. The Kier molecular flexibility index (Phi) is 5.08. The molecule has 0 saturated carbocycles. The van der Waals surface area contributed by atoms with Gasteiger partial charge in [0.1, 0.15) is 0 Å². The molecule has 0 radical (unpaired) electrons. The van der Waals surface area contributed by atoms with Crippen molar-refractivity contribution in [3.05, 3.63) is 29.8 Å². The summed E-state index contributed by atoms with van der Waals surface area (Å²) in [5, 5.41) is 10.4. The van der Waals surface area contributed by atoms with E-state index in [-0.39, 0.29) is 24.5 Å². The van der Waals surface area contributed by atoms with Crippen molar-refractivity contribution >= 4 is 16.1 Å². The van der Waals surface area contributed by atoms with E-state index in [1.54, 1.807) is 12.1 Å². The number of amides is 1. The lowest BCUT2D eigenvalue weighted by atomic mass is 10.2. The van der Waals surface area contributed by atoms with E-state index in [9.17, 15) is 13.2 Å². The number of benzene rings is 1. The first-order valence-corrected chi connectivity index (χ1v) is 6.69. The third kappa shape index (κ3) is 4.32. The molecule has 7 nitrogen and oxygen atoms in total. The fourth-order valence-corrected chi connectivity index (χ4v) is 2.38. The number of carboxylic acid groups (broad SMARTS) is 1. The van der Waals surface area contributed by atoms with Gasteiger partial charge in [0.15, 0.2) is 0 Å². The number of rotatable bonds is 6. The second kappa shape index (κ2) is 6.34. The maximum atomic E-state index is 11.8. The predicted octanol–water partition coefficient (Wildman–Crippen LogP) is -0.309. The van der Waals surface area contributed by atoms with Crippen LogP contribution in [0.5, 0.6) is 0 Å². The Hall–Kier alpha value is -1.64. The van der Waals surface area contributed by atoms with E-state index in [1.165, 1.54) is 12.1 Å². The lowest BCUT2D eigenvalue weighted by Gasteiger charge is -2.07. The van der Waals surface area contributed by atoms with Gasteiger partial charge in [-0.05, 0) is 17.7 Å². The second-order valence-electron chi connectivity index (χ2n) is 3.48. The minimum atomic E-state index is -3.63. The summed E-state index contributed by atoms with van der Waals surface area (Å²) in [6.07, 6.45) is -1.20. The molecule has 8 heteroatoms. The smallest absolute Gasteiger partial charge is 0.404 e. The van der Waals surface area contributed by atoms with Gasteiger partial charge in [-0.3, -0.25) is 0 Å². The van der Waals surface area contributed by atoms with Crippen LogP contribution >= 0.6 is 0 Å². The Morgan fingerprint density at radius 3 is 2.67 bits per heavy atom. The van der Waals surface area contributed by atoms with Crippen molar-refractivity contribution in [2.24, 2.45) is 5.73 Å². The van der Waals surface area contributed by atoms with Gasteiger partial charge in [-0.15, -0.1) is 0 Å². The van der Waals surface area contributed by atoms with Crippen molar-refractivity contribution in [3.8, 4) is 0 Å². The molecule has 0 aliphatic heterocycles. The highest BCUT2D eigenvalue weighted by Gasteiger charge is 2.13. The van der Waals surface area contributed by atoms with E-state index in [2.05, 4.69) is 10.0 Å². The zero-order valence-electron chi connectivity index (χ0n) is 9.59. The van der Waals surface area contributed by atoms with Crippen LogP contribution in [0.25, 0.3) is 0 Å². The van der Waals surface area contributed by atoms with Gasteiger partial charge in [0.2, 0.25) is 10.0 Å². The summed E-state index contributed by atoms with van der Waals surface area (Å²) in [5.74, 6) is 0. The van der Waals surface area contributed by atoms with Crippen LogP contribution in [0.3, 0.4) is 0 Å². The molecule has 1 aromatic rings. The number of hydrogen-bond acceptors (Lipinski definition) is 4. The van der Waals surface area contributed by atoms with Crippen LogP contribution in [0.1, 0.15) is 5.56 Å². The molecule has 100 valence electrons. The van der Waals surface area contributed by atoms with Crippen molar-refractivity contribution in [2.75, 3.05) is 13.1 Å². The van der Waals surface area contributed by atoms with Crippen LogP contribution in [0.4, 0.5) is 4.79 Å². The van der Waals surface area contributed by atoms with Gasteiger partial charge in [-0.2, -0.15) is 0 Å². The van der Waals surface area contributed by atoms with Gasteiger partial charge in [0.05, 0.1) is 4.90 Å². The molecule has 0 heterocycles. The van der Waals surface area contributed by atoms with Gasteiger partial charge < -0.3 is 16.2 Å². The molecule has 18 heavy (non-hydrogen) atoms. The quantitative estimate of drug-likeness (QED) is 0.530. The standard InChI is InChI=1S/C10H15N3O4S/c11-7-8-2-1-3-9(6-8)18(16,17)13-5-4-12-10(14)15/h1-3,6,12-13H,4-5,7,11H2,(H,14,15). The van der Waals surface area contributed by atoms with Gasteiger partial charge >= 0.3 is 6.09 Å². The summed E-state index contributed by atoms with van der Waals surface area (Å²) in [4.78, 5) is 10.3. The van der Waals surface area contributed by atoms with E-state index < -0.39 is 16.1 Å². The highest BCUT2D eigenvalue weighted by molar-refractivity contribution is 7.89. The van der Waals surface area contributed by atoms with Crippen LogP contribution in [0, 0.1) is 0 Å². The molecule has 0 bridgehead atoms. The van der Waals surface area contributed by atoms with Gasteiger partial charge in [0, 0.05) is 19.6 Å². The monoisotopic (exact) mass is 273 g/mol. The van der Waals surface area contributed by atoms with Gasteiger partial charge in [-0.25, -0.2) is 17.9 Å². The first kappa shape index (κ1) is 14.4.